The van der Waals surface area contributed by atoms with Crippen molar-refractivity contribution in [2.24, 2.45) is 0 Å². The van der Waals surface area contributed by atoms with E-state index in [-0.39, 0.29) is 17.9 Å². The van der Waals surface area contributed by atoms with Crippen molar-refractivity contribution in [3.05, 3.63) is 69.7 Å². The van der Waals surface area contributed by atoms with Crippen LogP contribution in [0.1, 0.15) is 50.2 Å². The van der Waals surface area contributed by atoms with Crippen LogP contribution in [0.5, 0.6) is 0 Å². The van der Waals surface area contributed by atoms with E-state index in [1.165, 1.54) is 18.2 Å². The maximum absolute atomic E-state index is 13.2. The van der Waals surface area contributed by atoms with Crippen molar-refractivity contribution in [3.63, 3.8) is 0 Å². The fourth-order valence-electron chi connectivity index (χ4n) is 4.11. The Bertz CT molecular complexity index is 920. The lowest BCUT2D eigenvalue weighted by atomic mass is 9.95. The number of halogens is 2. The number of benzene rings is 2. The molecule has 2 amide bonds. The van der Waals surface area contributed by atoms with Gasteiger partial charge in [-0.1, -0.05) is 78.9 Å². The molecule has 2 aromatic rings. The number of thioether (sulfide) groups is 1. The van der Waals surface area contributed by atoms with Gasteiger partial charge < -0.3 is 10.2 Å². The van der Waals surface area contributed by atoms with Gasteiger partial charge in [-0.3, -0.25) is 9.59 Å². The third-order valence-corrected chi connectivity index (χ3v) is 7.81. The van der Waals surface area contributed by atoms with Crippen molar-refractivity contribution < 1.29 is 9.59 Å². The summed E-state index contributed by atoms with van der Waals surface area (Å²) in [6.07, 6.45) is 6.30. The van der Waals surface area contributed by atoms with Gasteiger partial charge in [0.15, 0.2) is 0 Å². The van der Waals surface area contributed by atoms with Gasteiger partial charge in [0.2, 0.25) is 11.8 Å². The molecule has 1 aliphatic carbocycles. The molecular weight excluding hydrogens is 475 g/mol. The number of nitrogens with zero attached hydrogens (tertiary/aromatic N) is 1. The molecule has 4 nitrogen and oxygen atoms in total. The van der Waals surface area contributed by atoms with Gasteiger partial charge in [0.25, 0.3) is 0 Å². The molecule has 2 aromatic carbocycles. The molecule has 0 heterocycles. The number of hydrogen-bond acceptors (Lipinski definition) is 3. The van der Waals surface area contributed by atoms with Gasteiger partial charge >= 0.3 is 0 Å². The Morgan fingerprint density at radius 3 is 2.45 bits per heavy atom. The van der Waals surface area contributed by atoms with Gasteiger partial charge in [-0.2, -0.15) is 0 Å². The van der Waals surface area contributed by atoms with Crippen molar-refractivity contribution in [2.45, 2.75) is 63.3 Å². The average Bonchev–Trinajstić information content (AvgIpc) is 2.82. The largest absolute Gasteiger partial charge is 0.352 e. The van der Waals surface area contributed by atoms with Crippen LogP contribution in [0.4, 0.5) is 0 Å². The lowest BCUT2D eigenvalue weighted by Crippen LogP contribution is -2.51. The van der Waals surface area contributed by atoms with Gasteiger partial charge in [-0.05, 0) is 49.4 Å². The van der Waals surface area contributed by atoms with Crippen LogP contribution >= 0.6 is 35.0 Å². The van der Waals surface area contributed by atoms with Crippen LogP contribution in [0, 0.1) is 0 Å². The van der Waals surface area contributed by atoms with E-state index in [9.17, 15) is 9.59 Å². The lowest BCUT2D eigenvalue weighted by Gasteiger charge is -2.31. The van der Waals surface area contributed by atoms with Crippen LogP contribution in [0.3, 0.4) is 0 Å². The minimum atomic E-state index is -0.506. The number of hydrogen-bond donors (Lipinski definition) is 1. The molecule has 0 spiro atoms. The summed E-state index contributed by atoms with van der Waals surface area (Å²) in [5.74, 6) is 0.869. The van der Waals surface area contributed by atoms with E-state index in [1.807, 2.05) is 37.3 Å². The molecule has 1 N–H and O–H groups in total. The predicted molar refractivity (Wildman–Crippen MR) is 139 cm³/mol. The van der Waals surface area contributed by atoms with Gasteiger partial charge in [0, 0.05) is 18.3 Å². The molecule has 0 aromatic heterocycles. The summed E-state index contributed by atoms with van der Waals surface area (Å²) in [6.45, 7) is 2.35. The molecule has 0 aliphatic heterocycles. The molecule has 1 aliphatic rings. The highest BCUT2D eigenvalue weighted by Crippen LogP contribution is 2.25. The first-order chi connectivity index (χ1) is 15.9. The number of carbonyl (C=O) groups is 2. The Morgan fingerprint density at radius 1 is 1.03 bits per heavy atom. The van der Waals surface area contributed by atoms with Crippen LogP contribution in [-0.4, -0.2) is 41.1 Å². The summed E-state index contributed by atoms with van der Waals surface area (Å²) in [5, 5.41) is 4.21. The van der Waals surface area contributed by atoms with Crippen LogP contribution in [0.15, 0.2) is 48.5 Å². The SMILES string of the molecule is C[C@@H](C(=O)NC1CCCCC1)N(CCc1ccccc1)C(=O)CSCc1ccc(Cl)c(Cl)c1. The van der Waals surface area contributed by atoms with E-state index in [2.05, 4.69) is 17.4 Å². The molecule has 1 atom stereocenters. The van der Waals surface area contributed by atoms with Crippen LogP contribution in [0.25, 0.3) is 0 Å². The van der Waals surface area contributed by atoms with Gasteiger partial charge in [-0.15, -0.1) is 11.8 Å². The Kier molecular flexibility index (Phi) is 10.4. The molecule has 3 rings (SSSR count). The highest BCUT2D eigenvalue weighted by Gasteiger charge is 2.27. The van der Waals surface area contributed by atoms with E-state index in [0.717, 1.165) is 36.8 Å². The van der Waals surface area contributed by atoms with Crippen LogP contribution in [0.2, 0.25) is 10.0 Å². The first-order valence-electron chi connectivity index (χ1n) is 11.6. The summed E-state index contributed by atoms with van der Waals surface area (Å²) in [7, 11) is 0. The number of rotatable bonds is 10. The number of nitrogens with one attached hydrogen (secondary N) is 1. The van der Waals surface area contributed by atoms with Gasteiger partial charge in [-0.25, -0.2) is 0 Å². The second kappa shape index (κ2) is 13.3. The minimum Gasteiger partial charge on any atom is -0.352 e. The van der Waals surface area contributed by atoms with Gasteiger partial charge in [0.1, 0.15) is 6.04 Å². The maximum Gasteiger partial charge on any atom is 0.242 e. The molecule has 0 unspecified atom stereocenters. The zero-order chi connectivity index (χ0) is 23.6. The number of carbonyl (C=O) groups excluding carboxylic acids is 2. The van der Waals surface area contributed by atoms with E-state index in [0.29, 0.717) is 34.5 Å². The van der Waals surface area contributed by atoms with Crippen LogP contribution in [-0.2, 0) is 21.8 Å². The van der Waals surface area contributed by atoms with Gasteiger partial charge in [0.05, 0.1) is 15.8 Å². The fourth-order valence-corrected chi connectivity index (χ4v) is 5.29. The smallest absolute Gasteiger partial charge is 0.242 e. The Labute approximate surface area is 211 Å². The second-order valence-corrected chi connectivity index (χ2v) is 10.4. The topological polar surface area (TPSA) is 49.4 Å². The summed E-state index contributed by atoms with van der Waals surface area (Å²) in [6, 6.07) is 15.3. The second-order valence-electron chi connectivity index (χ2n) is 8.58. The lowest BCUT2D eigenvalue weighted by molar-refractivity contribution is -0.138. The zero-order valence-electron chi connectivity index (χ0n) is 19.1. The first kappa shape index (κ1) is 25.9. The molecule has 0 bridgehead atoms. The molecule has 178 valence electrons. The summed E-state index contributed by atoms with van der Waals surface area (Å²) >= 11 is 13.6. The van der Waals surface area contributed by atoms with E-state index >= 15 is 0 Å². The van der Waals surface area contributed by atoms with E-state index in [4.69, 9.17) is 23.2 Å². The third-order valence-electron chi connectivity index (χ3n) is 6.08. The van der Waals surface area contributed by atoms with Crippen LogP contribution < -0.4 is 5.32 Å². The summed E-state index contributed by atoms with van der Waals surface area (Å²) in [4.78, 5) is 27.9. The number of amides is 2. The van der Waals surface area contributed by atoms with Crippen molar-refractivity contribution in [1.82, 2.24) is 10.2 Å². The highest BCUT2D eigenvalue weighted by atomic mass is 35.5. The van der Waals surface area contributed by atoms with Crippen molar-refractivity contribution in [2.75, 3.05) is 12.3 Å². The molecular formula is C26H32Cl2N2O2S. The third kappa shape index (κ3) is 8.24. The van der Waals surface area contributed by atoms with Crippen molar-refractivity contribution in [1.29, 1.82) is 0 Å². The summed E-state index contributed by atoms with van der Waals surface area (Å²) in [5.41, 5.74) is 2.17. The highest BCUT2D eigenvalue weighted by molar-refractivity contribution is 7.99. The fraction of sp³-hybridized carbons (Fsp3) is 0.462. The molecule has 1 saturated carbocycles. The standard InChI is InChI=1S/C26H32Cl2N2O2S/c1-19(26(32)29-22-10-6-3-7-11-22)30(15-14-20-8-4-2-5-9-20)25(31)18-33-17-21-12-13-23(27)24(28)16-21/h2,4-5,8-9,12-13,16,19,22H,3,6-7,10-11,14-15,17-18H2,1H3,(H,29,32)/t19-/m0/s1. The monoisotopic (exact) mass is 506 g/mol. The average molecular weight is 508 g/mol. The Morgan fingerprint density at radius 2 is 1.76 bits per heavy atom. The van der Waals surface area contributed by atoms with E-state index < -0.39 is 6.04 Å². The molecule has 7 heteroatoms. The quantitative estimate of drug-likeness (QED) is 0.421. The Balaban J connectivity index is 1.60. The van der Waals surface area contributed by atoms with E-state index in [1.54, 1.807) is 11.0 Å². The normalized spacial score (nSPS) is 15.1. The molecule has 0 saturated heterocycles. The molecule has 1 fully saturated rings. The first-order valence-corrected chi connectivity index (χ1v) is 13.5. The maximum atomic E-state index is 13.2. The summed E-state index contributed by atoms with van der Waals surface area (Å²) < 4.78 is 0. The van der Waals surface area contributed by atoms with Crippen molar-refractivity contribution >= 4 is 46.8 Å². The molecule has 0 radical (unpaired) electrons. The minimum absolute atomic E-state index is 0.0257. The zero-order valence-corrected chi connectivity index (χ0v) is 21.4. The van der Waals surface area contributed by atoms with Crippen molar-refractivity contribution in [3.8, 4) is 0 Å². The predicted octanol–water partition coefficient (Wildman–Crippen LogP) is 6.14. The Hall–Kier alpha value is -1.69. The molecule has 33 heavy (non-hydrogen) atoms.